The zero-order valence-electron chi connectivity index (χ0n) is 9.90. The van der Waals surface area contributed by atoms with Crippen molar-refractivity contribution in [3.8, 4) is 11.5 Å². The number of benzene rings is 2. The Morgan fingerprint density at radius 3 is 2.53 bits per heavy atom. The van der Waals surface area contributed by atoms with Gasteiger partial charge in [-0.05, 0) is 36.8 Å². The lowest BCUT2D eigenvalue weighted by atomic mass is 10.0. The maximum absolute atomic E-state index is 5.54. The zero-order chi connectivity index (χ0) is 11.8. The topological polar surface area (TPSA) is 26.0 Å². The Labute approximate surface area is 99.9 Å². The third-order valence-electron chi connectivity index (χ3n) is 2.86. The summed E-state index contributed by atoms with van der Waals surface area (Å²) in [7, 11) is 0. The van der Waals surface area contributed by atoms with Crippen LogP contribution in [-0.2, 0) is 0 Å². The Hall–Kier alpha value is -2.09. The highest BCUT2D eigenvalue weighted by atomic mass is 16.4. The molecule has 0 radical (unpaired) electrons. The second-order valence-electron chi connectivity index (χ2n) is 4.34. The van der Waals surface area contributed by atoms with E-state index in [-0.39, 0.29) is 0 Å². The third kappa shape index (κ3) is 1.82. The van der Waals surface area contributed by atoms with Crippen LogP contribution >= 0.6 is 0 Å². The van der Waals surface area contributed by atoms with Crippen LogP contribution in [0.5, 0.6) is 0 Å². The highest BCUT2D eigenvalue weighted by molar-refractivity contribution is 5.86. The second kappa shape index (κ2) is 3.74. The fraction of sp³-hybridized carbons (Fsp3) is 0.133. The number of hydrogen-bond acceptors (Lipinski definition) is 2. The van der Waals surface area contributed by atoms with Gasteiger partial charge in [0.1, 0.15) is 5.76 Å². The van der Waals surface area contributed by atoms with Crippen molar-refractivity contribution in [3.63, 3.8) is 0 Å². The summed E-state index contributed by atoms with van der Waals surface area (Å²) in [5.74, 6) is 1.52. The summed E-state index contributed by atoms with van der Waals surface area (Å²) in [6.45, 7) is 4.00. The van der Waals surface area contributed by atoms with Crippen LogP contribution in [0.1, 0.15) is 11.3 Å². The number of oxazole rings is 1. The first-order valence-corrected chi connectivity index (χ1v) is 5.65. The molecule has 0 N–H and O–H groups in total. The number of rotatable bonds is 1. The SMILES string of the molecule is Cc1ccc2ccc(-c3ncc(C)o3)cc2c1. The number of nitrogens with zero attached hydrogens (tertiary/aromatic N) is 1. The van der Waals surface area contributed by atoms with Crippen LogP contribution < -0.4 is 0 Å². The largest absolute Gasteiger partial charge is 0.441 e. The minimum Gasteiger partial charge on any atom is -0.441 e. The summed E-state index contributed by atoms with van der Waals surface area (Å²) < 4.78 is 5.54. The van der Waals surface area contributed by atoms with Gasteiger partial charge in [-0.2, -0.15) is 0 Å². The average Bonchev–Trinajstić information content (AvgIpc) is 2.75. The maximum Gasteiger partial charge on any atom is 0.226 e. The van der Waals surface area contributed by atoms with Crippen molar-refractivity contribution in [1.29, 1.82) is 0 Å². The fourth-order valence-corrected chi connectivity index (χ4v) is 1.99. The van der Waals surface area contributed by atoms with Gasteiger partial charge >= 0.3 is 0 Å². The van der Waals surface area contributed by atoms with Crippen LogP contribution in [0.2, 0.25) is 0 Å². The lowest BCUT2D eigenvalue weighted by Gasteiger charge is -2.01. The quantitative estimate of drug-likeness (QED) is 0.620. The molecule has 0 bridgehead atoms. The van der Waals surface area contributed by atoms with E-state index in [2.05, 4.69) is 42.2 Å². The van der Waals surface area contributed by atoms with Crippen LogP contribution in [0.3, 0.4) is 0 Å². The molecule has 0 fully saturated rings. The molecule has 3 aromatic rings. The number of aromatic nitrogens is 1. The van der Waals surface area contributed by atoms with E-state index in [0.717, 1.165) is 11.3 Å². The van der Waals surface area contributed by atoms with E-state index in [1.165, 1.54) is 16.3 Å². The number of aryl methyl sites for hydroxylation is 2. The minimum atomic E-state index is 0.686. The van der Waals surface area contributed by atoms with Crippen LogP contribution in [0.15, 0.2) is 47.0 Å². The van der Waals surface area contributed by atoms with Crippen LogP contribution in [0.4, 0.5) is 0 Å². The Balaban J connectivity index is 2.18. The Morgan fingerprint density at radius 2 is 1.76 bits per heavy atom. The van der Waals surface area contributed by atoms with Gasteiger partial charge in [0.15, 0.2) is 0 Å². The van der Waals surface area contributed by atoms with Gasteiger partial charge in [0.25, 0.3) is 0 Å². The smallest absolute Gasteiger partial charge is 0.226 e. The predicted molar refractivity (Wildman–Crippen MR) is 68.9 cm³/mol. The first-order chi connectivity index (χ1) is 8.22. The normalized spacial score (nSPS) is 10.9. The molecule has 0 aliphatic heterocycles. The molecular formula is C15H13NO. The molecule has 3 rings (SSSR count). The van der Waals surface area contributed by atoms with E-state index in [1.807, 2.05) is 13.0 Å². The van der Waals surface area contributed by atoms with Crippen molar-refractivity contribution in [1.82, 2.24) is 4.98 Å². The molecule has 0 saturated carbocycles. The van der Waals surface area contributed by atoms with E-state index in [0.29, 0.717) is 5.89 Å². The van der Waals surface area contributed by atoms with Crippen molar-refractivity contribution >= 4 is 10.8 Å². The average molecular weight is 223 g/mol. The van der Waals surface area contributed by atoms with Crippen molar-refractivity contribution in [3.05, 3.63) is 53.9 Å². The second-order valence-corrected chi connectivity index (χ2v) is 4.34. The fourth-order valence-electron chi connectivity index (χ4n) is 1.99. The molecule has 0 unspecified atom stereocenters. The van der Waals surface area contributed by atoms with Crippen molar-refractivity contribution in [2.75, 3.05) is 0 Å². The van der Waals surface area contributed by atoms with Gasteiger partial charge in [0.2, 0.25) is 5.89 Å². The molecule has 17 heavy (non-hydrogen) atoms. The molecule has 0 atom stereocenters. The van der Waals surface area contributed by atoms with E-state index < -0.39 is 0 Å². The molecule has 84 valence electrons. The van der Waals surface area contributed by atoms with E-state index >= 15 is 0 Å². The molecular weight excluding hydrogens is 210 g/mol. The van der Waals surface area contributed by atoms with Crippen molar-refractivity contribution in [2.24, 2.45) is 0 Å². The van der Waals surface area contributed by atoms with Gasteiger partial charge in [0, 0.05) is 5.56 Å². The lowest BCUT2D eigenvalue weighted by molar-refractivity contribution is 0.542. The van der Waals surface area contributed by atoms with Gasteiger partial charge in [-0.1, -0.05) is 29.8 Å². The summed E-state index contributed by atoms with van der Waals surface area (Å²) in [5, 5.41) is 2.46. The van der Waals surface area contributed by atoms with Crippen LogP contribution in [-0.4, -0.2) is 4.98 Å². The predicted octanol–water partition coefficient (Wildman–Crippen LogP) is 4.11. The van der Waals surface area contributed by atoms with E-state index in [4.69, 9.17) is 4.42 Å². The molecule has 2 aromatic carbocycles. The summed E-state index contributed by atoms with van der Waals surface area (Å²) in [5.41, 5.74) is 2.29. The van der Waals surface area contributed by atoms with E-state index in [1.54, 1.807) is 6.20 Å². The van der Waals surface area contributed by atoms with Crippen molar-refractivity contribution in [2.45, 2.75) is 13.8 Å². The molecule has 0 amide bonds. The van der Waals surface area contributed by atoms with Crippen LogP contribution in [0, 0.1) is 13.8 Å². The number of hydrogen-bond donors (Lipinski definition) is 0. The number of fused-ring (bicyclic) bond motifs is 1. The molecule has 0 aliphatic rings. The molecule has 0 spiro atoms. The molecule has 1 heterocycles. The summed E-state index contributed by atoms with van der Waals surface area (Å²) in [6.07, 6.45) is 1.75. The minimum absolute atomic E-state index is 0.686. The molecule has 0 aliphatic carbocycles. The van der Waals surface area contributed by atoms with E-state index in [9.17, 15) is 0 Å². The van der Waals surface area contributed by atoms with Gasteiger partial charge in [0.05, 0.1) is 6.20 Å². The van der Waals surface area contributed by atoms with Gasteiger partial charge in [-0.15, -0.1) is 0 Å². The Bertz CT molecular complexity index is 682. The standard InChI is InChI=1S/C15H13NO/c1-10-3-4-12-5-6-13(8-14(12)7-10)15-16-9-11(2)17-15/h3-9H,1-2H3. The lowest BCUT2D eigenvalue weighted by Crippen LogP contribution is -1.80. The first kappa shape index (κ1) is 10.1. The summed E-state index contributed by atoms with van der Waals surface area (Å²) >= 11 is 0. The summed E-state index contributed by atoms with van der Waals surface area (Å²) in [4.78, 5) is 4.25. The van der Waals surface area contributed by atoms with Crippen molar-refractivity contribution < 1.29 is 4.42 Å². The zero-order valence-corrected chi connectivity index (χ0v) is 9.90. The Kier molecular flexibility index (Phi) is 2.22. The van der Waals surface area contributed by atoms with Gasteiger partial charge in [-0.25, -0.2) is 4.98 Å². The third-order valence-corrected chi connectivity index (χ3v) is 2.86. The molecule has 2 heteroatoms. The first-order valence-electron chi connectivity index (χ1n) is 5.65. The van der Waals surface area contributed by atoms with Gasteiger partial charge in [-0.3, -0.25) is 0 Å². The van der Waals surface area contributed by atoms with Crippen LogP contribution in [0.25, 0.3) is 22.2 Å². The molecule has 1 aromatic heterocycles. The molecule has 2 nitrogen and oxygen atoms in total. The van der Waals surface area contributed by atoms with Gasteiger partial charge < -0.3 is 4.42 Å². The highest BCUT2D eigenvalue weighted by Crippen LogP contribution is 2.24. The monoisotopic (exact) mass is 223 g/mol. The summed E-state index contributed by atoms with van der Waals surface area (Å²) in [6, 6.07) is 12.7. The maximum atomic E-state index is 5.54. The Morgan fingerprint density at radius 1 is 0.941 bits per heavy atom. The highest BCUT2D eigenvalue weighted by Gasteiger charge is 2.05. The molecule has 0 saturated heterocycles.